The van der Waals surface area contributed by atoms with Gasteiger partial charge in [0.05, 0.1) is 0 Å². The Bertz CT molecular complexity index is 536. The predicted molar refractivity (Wildman–Crippen MR) is 84.7 cm³/mol. The molecule has 0 atom stereocenters. The lowest BCUT2D eigenvalue weighted by atomic mass is 10.3. The fourth-order valence-corrected chi connectivity index (χ4v) is 2.81. The molecule has 0 saturated heterocycles. The van der Waals surface area contributed by atoms with Crippen LogP contribution in [0.3, 0.4) is 0 Å². The van der Waals surface area contributed by atoms with E-state index in [0.717, 1.165) is 30.5 Å². The van der Waals surface area contributed by atoms with Crippen LogP contribution in [-0.2, 0) is 0 Å². The highest BCUT2D eigenvalue weighted by Crippen LogP contribution is 2.39. The normalized spacial score (nSPS) is 14.2. The molecule has 1 N–H and O–H groups in total. The summed E-state index contributed by atoms with van der Waals surface area (Å²) in [7, 11) is 2.13. The summed E-state index contributed by atoms with van der Waals surface area (Å²) in [6.45, 7) is 1.97. The second kappa shape index (κ2) is 6.22. The third-order valence-corrected chi connectivity index (χ3v) is 4.21. The average Bonchev–Trinajstić information content (AvgIpc) is 3.24. The quantitative estimate of drug-likeness (QED) is 0.793. The molecule has 4 nitrogen and oxygen atoms in total. The monoisotopic (exact) mass is 288 g/mol. The van der Waals surface area contributed by atoms with E-state index in [0.29, 0.717) is 5.92 Å². The first kappa shape index (κ1) is 13.4. The van der Waals surface area contributed by atoms with Gasteiger partial charge in [0.1, 0.15) is 5.82 Å². The van der Waals surface area contributed by atoms with Crippen LogP contribution in [0.15, 0.2) is 30.3 Å². The number of hydrogen-bond donors (Lipinski definition) is 1. The van der Waals surface area contributed by atoms with Gasteiger partial charge in [-0.2, -0.15) is 4.37 Å². The Hall–Kier alpha value is -1.62. The van der Waals surface area contributed by atoms with Gasteiger partial charge in [0.2, 0.25) is 5.13 Å². The highest BCUT2D eigenvalue weighted by molar-refractivity contribution is 7.09. The van der Waals surface area contributed by atoms with Crippen molar-refractivity contribution in [3.8, 4) is 0 Å². The Kier molecular flexibility index (Phi) is 4.16. The predicted octanol–water partition coefficient (Wildman–Crippen LogP) is 3.35. The first-order valence-corrected chi connectivity index (χ1v) is 7.94. The molecule has 20 heavy (non-hydrogen) atoms. The minimum atomic E-state index is 0.644. The zero-order chi connectivity index (χ0) is 13.8. The van der Waals surface area contributed by atoms with Gasteiger partial charge in [-0.1, -0.05) is 18.2 Å². The summed E-state index contributed by atoms with van der Waals surface area (Å²) in [5, 5.41) is 4.34. The number of benzene rings is 1. The van der Waals surface area contributed by atoms with E-state index >= 15 is 0 Å². The number of anilines is 2. The van der Waals surface area contributed by atoms with E-state index in [2.05, 4.69) is 50.9 Å². The number of nitrogens with one attached hydrogen (secondary N) is 1. The Morgan fingerprint density at radius 3 is 2.85 bits per heavy atom. The summed E-state index contributed by atoms with van der Waals surface area (Å²) in [5.74, 6) is 1.69. The van der Waals surface area contributed by atoms with Crippen molar-refractivity contribution in [2.24, 2.45) is 0 Å². The molecule has 1 saturated carbocycles. The van der Waals surface area contributed by atoms with Crippen molar-refractivity contribution in [1.29, 1.82) is 0 Å². The van der Waals surface area contributed by atoms with Gasteiger partial charge in [-0.25, -0.2) is 4.98 Å². The summed E-state index contributed by atoms with van der Waals surface area (Å²) in [4.78, 5) is 6.80. The SMILES string of the molecule is CN(CCCNc1nc(C2CC2)ns1)c1ccccc1. The number of nitrogens with zero attached hydrogens (tertiary/aromatic N) is 3. The number of hydrogen-bond acceptors (Lipinski definition) is 5. The number of para-hydroxylation sites is 1. The van der Waals surface area contributed by atoms with Gasteiger partial charge in [-0.15, -0.1) is 0 Å². The van der Waals surface area contributed by atoms with E-state index in [1.165, 1.54) is 30.1 Å². The molecule has 5 heteroatoms. The zero-order valence-corrected chi connectivity index (χ0v) is 12.6. The molecule has 2 aromatic rings. The Morgan fingerprint density at radius 1 is 1.30 bits per heavy atom. The molecule has 106 valence electrons. The second-order valence-electron chi connectivity index (χ2n) is 5.27. The lowest BCUT2D eigenvalue weighted by Gasteiger charge is -2.18. The first-order chi connectivity index (χ1) is 9.83. The van der Waals surface area contributed by atoms with Crippen LogP contribution in [0.1, 0.15) is 31.0 Å². The largest absolute Gasteiger partial charge is 0.375 e. The summed E-state index contributed by atoms with van der Waals surface area (Å²) in [5.41, 5.74) is 1.26. The maximum absolute atomic E-state index is 4.53. The van der Waals surface area contributed by atoms with Gasteiger partial charge < -0.3 is 10.2 Å². The van der Waals surface area contributed by atoms with Crippen LogP contribution in [0, 0.1) is 0 Å². The van der Waals surface area contributed by atoms with Crippen molar-refractivity contribution in [3.05, 3.63) is 36.2 Å². The Morgan fingerprint density at radius 2 is 2.10 bits per heavy atom. The van der Waals surface area contributed by atoms with Gasteiger partial charge >= 0.3 is 0 Å². The third kappa shape index (κ3) is 3.48. The lowest BCUT2D eigenvalue weighted by Crippen LogP contribution is -2.20. The molecule has 1 heterocycles. The first-order valence-electron chi connectivity index (χ1n) is 7.16. The molecule has 0 bridgehead atoms. The maximum Gasteiger partial charge on any atom is 0.202 e. The minimum absolute atomic E-state index is 0.644. The summed E-state index contributed by atoms with van der Waals surface area (Å²) in [6.07, 6.45) is 3.61. The molecule has 0 unspecified atom stereocenters. The van der Waals surface area contributed by atoms with Crippen molar-refractivity contribution in [3.63, 3.8) is 0 Å². The van der Waals surface area contributed by atoms with Crippen LogP contribution < -0.4 is 10.2 Å². The summed E-state index contributed by atoms with van der Waals surface area (Å²) < 4.78 is 4.40. The van der Waals surface area contributed by atoms with Crippen LogP contribution >= 0.6 is 11.5 Å². The molecule has 1 aromatic heterocycles. The van der Waals surface area contributed by atoms with E-state index in [-0.39, 0.29) is 0 Å². The Labute approximate surface area is 124 Å². The van der Waals surface area contributed by atoms with E-state index in [1.54, 1.807) is 0 Å². The van der Waals surface area contributed by atoms with Crippen LogP contribution in [0.5, 0.6) is 0 Å². The fraction of sp³-hybridized carbons (Fsp3) is 0.467. The van der Waals surface area contributed by atoms with Gasteiger partial charge in [-0.05, 0) is 31.4 Å². The smallest absolute Gasteiger partial charge is 0.202 e. The highest BCUT2D eigenvalue weighted by Gasteiger charge is 2.27. The van der Waals surface area contributed by atoms with Crippen LogP contribution in [-0.4, -0.2) is 29.5 Å². The fourth-order valence-electron chi connectivity index (χ4n) is 2.14. The van der Waals surface area contributed by atoms with Crippen LogP contribution in [0.4, 0.5) is 10.8 Å². The molecule has 1 aliphatic rings. The van der Waals surface area contributed by atoms with Gasteiger partial charge in [0, 0.05) is 43.3 Å². The van der Waals surface area contributed by atoms with Crippen molar-refractivity contribution in [2.75, 3.05) is 30.4 Å². The summed E-state index contributed by atoms with van der Waals surface area (Å²) in [6, 6.07) is 10.5. The third-order valence-electron chi connectivity index (χ3n) is 3.53. The molecule has 1 fully saturated rings. The van der Waals surface area contributed by atoms with E-state index in [1.807, 2.05) is 6.07 Å². The topological polar surface area (TPSA) is 41.0 Å². The molecular weight excluding hydrogens is 268 g/mol. The Balaban J connectivity index is 1.39. The van der Waals surface area contributed by atoms with Crippen molar-refractivity contribution >= 4 is 22.4 Å². The molecule has 0 aliphatic heterocycles. The molecule has 0 amide bonds. The van der Waals surface area contributed by atoms with Crippen LogP contribution in [0.2, 0.25) is 0 Å². The number of aromatic nitrogens is 2. The van der Waals surface area contributed by atoms with Crippen molar-refractivity contribution in [2.45, 2.75) is 25.2 Å². The van der Waals surface area contributed by atoms with E-state index in [9.17, 15) is 0 Å². The average molecular weight is 288 g/mol. The zero-order valence-electron chi connectivity index (χ0n) is 11.7. The van der Waals surface area contributed by atoms with Crippen molar-refractivity contribution in [1.82, 2.24) is 9.36 Å². The van der Waals surface area contributed by atoms with E-state index < -0.39 is 0 Å². The van der Waals surface area contributed by atoms with Gasteiger partial charge in [-0.3, -0.25) is 0 Å². The molecule has 3 rings (SSSR count). The standard InChI is InChI=1S/C15H20N4S/c1-19(13-6-3-2-4-7-13)11-5-10-16-15-17-14(18-20-15)12-8-9-12/h2-4,6-7,12H,5,8-11H2,1H3,(H,16,17,18). The van der Waals surface area contributed by atoms with Gasteiger partial charge in [0.15, 0.2) is 0 Å². The molecular formula is C15H20N4S. The molecule has 1 aliphatic carbocycles. The van der Waals surface area contributed by atoms with E-state index in [4.69, 9.17) is 0 Å². The lowest BCUT2D eigenvalue weighted by molar-refractivity contribution is 0.815. The van der Waals surface area contributed by atoms with Crippen LogP contribution in [0.25, 0.3) is 0 Å². The van der Waals surface area contributed by atoms with Gasteiger partial charge in [0.25, 0.3) is 0 Å². The highest BCUT2D eigenvalue weighted by atomic mass is 32.1. The second-order valence-corrected chi connectivity index (χ2v) is 6.02. The van der Waals surface area contributed by atoms with Crippen molar-refractivity contribution < 1.29 is 0 Å². The maximum atomic E-state index is 4.53. The molecule has 0 spiro atoms. The number of rotatable bonds is 7. The summed E-state index contributed by atoms with van der Waals surface area (Å²) >= 11 is 1.49. The minimum Gasteiger partial charge on any atom is -0.375 e. The molecule has 0 radical (unpaired) electrons. The molecule has 1 aromatic carbocycles.